The van der Waals surface area contributed by atoms with E-state index in [-0.39, 0.29) is 5.82 Å². The van der Waals surface area contributed by atoms with Crippen molar-refractivity contribution < 1.29 is 9.50 Å². The van der Waals surface area contributed by atoms with Gasteiger partial charge in [-0.3, -0.25) is 0 Å². The lowest BCUT2D eigenvalue weighted by molar-refractivity contribution is 0.176. The van der Waals surface area contributed by atoms with Gasteiger partial charge in [0.2, 0.25) is 0 Å². The molecule has 0 saturated heterocycles. The van der Waals surface area contributed by atoms with E-state index < -0.39 is 6.10 Å². The first-order valence-electron chi connectivity index (χ1n) is 5.10. The Bertz CT molecular complexity index is 529. The van der Waals surface area contributed by atoms with Crippen molar-refractivity contribution in [2.75, 3.05) is 0 Å². The van der Waals surface area contributed by atoms with Crippen molar-refractivity contribution in [2.24, 2.45) is 0 Å². The molecular weight excluding hydrogens is 305 g/mol. The van der Waals surface area contributed by atoms with E-state index in [9.17, 15) is 9.50 Å². The molecule has 1 unspecified atom stereocenters. The van der Waals surface area contributed by atoms with Crippen LogP contribution in [-0.2, 0) is 6.42 Å². The largest absolute Gasteiger partial charge is 0.388 e. The third kappa shape index (κ3) is 3.12. The van der Waals surface area contributed by atoms with Gasteiger partial charge >= 0.3 is 0 Å². The summed E-state index contributed by atoms with van der Waals surface area (Å²) in [4.78, 5) is 4.29. The molecule has 5 heteroatoms. The minimum atomic E-state index is -0.675. The maximum atomic E-state index is 12.9. The Kier molecular flexibility index (Phi) is 3.91. The zero-order valence-electron chi connectivity index (χ0n) is 9.15. The lowest BCUT2D eigenvalue weighted by Crippen LogP contribution is -2.03. The van der Waals surface area contributed by atoms with Crippen LogP contribution in [0.15, 0.2) is 28.1 Å². The highest BCUT2D eigenvalue weighted by molar-refractivity contribution is 9.10. The van der Waals surface area contributed by atoms with Gasteiger partial charge in [0.25, 0.3) is 0 Å². The molecule has 0 radical (unpaired) electrons. The first-order chi connectivity index (χ1) is 8.06. The molecule has 2 rings (SSSR count). The maximum absolute atomic E-state index is 12.9. The van der Waals surface area contributed by atoms with E-state index in [2.05, 4.69) is 20.9 Å². The smallest absolute Gasteiger partial charge is 0.124 e. The molecule has 0 aliphatic carbocycles. The van der Waals surface area contributed by atoms with Gasteiger partial charge in [-0.2, -0.15) is 0 Å². The number of aryl methyl sites for hydroxylation is 1. The summed E-state index contributed by atoms with van der Waals surface area (Å²) in [5.41, 5.74) is 1.54. The molecule has 0 bridgehead atoms. The van der Waals surface area contributed by atoms with Crippen LogP contribution in [0, 0.1) is 12.7 Å². The van der Waals surface area contributed by atoms with Gasteiger partial charge < -0.3 is 5.11 Å². The van der Waals surface area contributed by atoms with E-state index in [0.29, 0.717) is 16.5 Å². The molecule has 0 aliphatic rings. The van der Waals surface area contributed by atoms with Crippen LogP contribution in [0.2, 0.25) is 0 Å². The molecule has 1 N–H and O–H groups in total. The minimum Gasteiger partial charge on any atom is -0.388 e. The predicted molar refractivity (Wildman–Crippen MR) is 69.6 cm³/mol. The summed E-state index contributed by atoms with van der Waals surface area (Å²) in [6.45, 7) is 1.92. The van der Waals surface area contributed by atoms with Gasteiger partial charge in [0, 0.05) is 16.3 Å². The quantitative estimate of drug-likeness (QED) is 0.938. The lowest BCUT2D eigenvalue weighted by atomic mass is 10.1. The molecule has 90 valence electrons. The zero-order chi connectivity index (χ0) is 12.4. The van der Waals surface area contributed by atoms with Crippen LogP contribution in [0.1, 0.15) is 22.4 Å². The molecule has 2 nitrogen and oxygen atoms in total. The molecule has 0 aliphatic heterocycles. The Morgan fingerprint density at radius 2 is 2.29 bits per heavy atom. The molecular formula is C12H11BrFNOS. The van der Waals surface area contributed by atoms with Crippen LogP contribution in [0.4, 0.5) is 4.39 Å². The molecule has 1 heterocycles. The summed E-state index contributed by atoms with van der Waals surface area (Å²) in [6.07, 6.45) is -0.236. The lowest BCUT2D eigenvalue weighted by Gasteiger charge is -2.11. The normalized spacial score (nSPS) is 12.7. The van der Waals surface area contributed by atoms with Gasteiger partial charge in [-0.15, -0.1) is 11.3 Å². The number of halogens is 2. The molecule has 17 heavy (non-hydrogen) atoms. The standard InChI is InChI=1S/C12H11BrFNOS/c1-7-15-9(6-17-7)5-12(16)10-3-2-8(14)4-11(10)13/h2-4,6,12,16H,5H2,1H3. The highest BCUT2D eigenvalue weighted by atomic mass is 79.9. The second-order valence-electron chi connectivity index (χ2n) is 3.74. The van der Waals surface area contributed by atoms with Crippen LogP contribution in [0.3, 0.4) is 0 Å². The van der Waals surface area contributed by atoms with Crippen LogP contribution in [0.25, 0.3) is 0 Å². The first-order valence-corrected chi connectivity index (χ1v) is 6.77. The molecule has 0 spiro atoms. The van der Waals surface area contributed by atoms with Crippen LogP contribution < -0.4 is 0 Å². The average Bonchev–Trinajstić information content (AvgIpc) is 2.63. The second kappa shape index (κ2) is 5.25. The summed E-state index contributed by atoms with van der Waals surface area (Å²) in [7, 11) is 0. The molecule has 1 atom stereocenters. The fraction of sp³-hybridized carbons (Fsp3) is 0.250. The summed E-state index contributed by atoms with van der Waals surface area (Å²) < 4.78 is 13.5. The van der Waals surface area contributed by atoms with Crippen LogP contribution >= 0.6 is 27.3 Å². The molecule has 0 saturated carbocycles. The number of aliphatic hydroxyl groups is 1. The fourth-order valence-corrected chi connectivity index (χ4v) is 2.82. The number of nitrogens with zero attached hydrogens (tertiary/aromatic N) is 1. The molecule has 0 amide bonds. The zero-order valence-corrected chi connectivity index (χ0v) is 11.6. The first kappa shape index (κ1) is 12.7. The van der Waals surface area contributed by atoms with Crippen LogP contribution in [-0.4, -0.2) is 10.1 Å². The maximum Gasteiger partial charge on any atom is 0.124 e. The van der Waals surface area contributed by atoms with Crippen molar-refractivity contribution >= 4 is 27.3 Å². The predicted octanol–water partition coefficient (Wildman–Crippen LogP) is 3.63. The third-order valence-corrected chi connectivity index (χ3v) is 3.90. The van der Waals surface area contributed by atoms with E-state index in [1.165, 1.54) is 12.1 Å². The number of hydrogen-bond donors (Lipinski definition) is 1. The average molecular weight is 316 g/mol. The van der Waals surface area contributed by atoms with E-state index in [1.54, 1.807) is 17.4 Å². The highest BCUT2D eigenvalue weighted by Gasteiger charge is 2.14. The third-order valence-electron chi connectivity index (χ3n) is 2.39. The second-order valence-corrected chi connectivity index (χ2v) is 5.66. The van der Waals surface area contributed by atoms with E-state index >= 15 is 0 Å². The minimum absolute atomic E-state index is 0.322. The Hall–Kier alpha value is -0.780. The topological polar surface area (TPSA) is 33.1 Å². The van der Waals surface area contributed by atoms with Crippen molar-refractivity contribution in [3.63, 3.8) is 0 Å². The van der Waals surface area contributed by atoms with Gasteiger partial charge in [0.15, 0.2) is 0 Å². The number of aliphatic hydroxyl groups excluding tert-OH is 1. The monoisotopic (exact) mass is 315 g/mol. The Labute approximate surface area is 111 Å². The van der Waals surface area contributed by atoms with Gasteiger partial charge in [-0.25, -0.2) is 9.37 Å². The Morgan fingerprint density at radius 3 is 2.88 bits per heavy atom. The summed E-state index contributed by atoms with van der Waals surface area (Å²) in [5, 5.41) is 13.0. The summed E-state index contributed by atoms with van der Waals surface area (Å²) in [5.74, 6) is -0.322. The van der Waals surface area contributed by atoms with Gasteiger partial charge in [-0.05, 0) is 24.6 Å². The van der Waals surface area contributed by atoms with Crippen molar-refractivity contribution in [1.82, 2.24) is 4.98 Å². The SMILES string of the molecule is Cc1nc(CC(O)c2ccc(F)cc2Br)cs1. The van der Waals surface area contributed by atoms with Crippen molar-refractivity contribution in [3.8, 4) is 0 Å². The molecule has 1 aromatic heterocycles. The van der Waals surface area contributed by atoms with E-state index in [4.69, 9.17) is 0 Å². The van der Waals surface area contributed by atoms with Crippen LogP contribution in [0.5, 0.6) is 0 Å². The van der Waals surface area contributed by atoms with Gasteiger partial charge in [-0.1, -0.05) is 22.0 Å². The number of benzene rings is 1. The van der Waals surface area contributed by atoms with Crippen molar-refractivity contribution in [3.05, 3.63) is 50.1 Å². The van der Waals surface area contributed by atoms with Crippen molar-refractivity contribution in [2.45, 2.75) is 19.4 Å². The number of aromatic nitrogens is 1. The van der Waals surface area contributed by atoms with Crippen molar-refractivity contribution in [1.29, 1.82) is 0 Å². The van der Waals surface area contributed by atoms with Gasteiger partial charge in [0.1, 0.15) is 5.82 Å². The fourth-order valence-electron chi connectivity index (χ4n) is 1.58. The van der Waals surface area contributed by atoms with E-state index in [0.717, 1.165) is 10.7 Å². The summed E-state index contributed by atoms with van der Waals surface area (Å²) in [6, 6.07) is 4.28. The molecule has 2 aromatic rings. The van der Waals surface area contributed by atoms with E-state index in [1.807, 2.05) is 12.3 Å². The highest BCUT2D eigenvalue weighted by Crippen LogP contribution is 2.27. The summed E-state index contributed by atoms with van der Waals surface area (Å²) >= 11 is 4.80. The molecule has 0 fully saturated rings. The number of thiazole rings is 1. The number of hydrogen-bond acceptors (Lipinski definition) is 3. The number of rotatable bonds is 3. The molecule has 1 aromatic carbocycles. The Morgan fingerprint density at radius 1 is 1.53 bits per heavy atom. The Balaban J connectivity index is 2.17. The van der Waals surface area contributed by atoms with Gasteiger partial charge in [0.05, 0.1) is 16.8 Å².